The Kier molecular flexibility index (Phi) is 24.4. The summed E-state index contributed by atoms with van der Waals surface area (Å²) in [5.74, 6) is 1.32. The maximum absolute atomic E-state index is 13.1. The van der Waals surface area contributed by atoms with Crippen molar-refractivity contribution in [3.05, 3.63) is 107 Å². The van der Waals surface area contributed by atoms with Crippen LogP contribution in [0.3, 0.4) is 0 Å². The van der Waals surface area contributed by atoms with Crippen LogP contribution in [-0.2, 0) is 20.9 Å². The average Bonchev–Trinajstić information content (AvgIpc) is 3.07. The van der Waals surface area contributed by atoms with E-state index in [0.717, 1.165) is 22.6 Å². The molecule has 0 bridgehead atoms. The molecule has 0 saturated carbocycles. The highest BCUT2D eigenvalue weighted by atomic mass is 35.5. The number of methoxy groups -OCH3 is 2. The molecule has 8 heteroatoms. The topological polar surface area (TPSA) is 57.2 Å². The minimum atomic E-state index is -0.469. The molecule has 6 nitrogen and oxygen atoms in total. The lowest BCUT2D eigenvalue weighted by molar-refractivity contribution is -0.164. The van der Waals surface area contributed by atoms with Crippen molar-refractivity contribution in [1.29, 1.82) is 0 Å². The molecule has 1 fully saturated rings. The fourth-order valence-electron chi connectivity index (χ4n) is 4.22. The monoisotopic (exact) mass is 675 g/mol. The summed E-state index contributed by atoms with van der Waals surface area (Å²) < 4.78 is 22.4. The molecule has 0 spiro atoms. The van der Waals surface area contributed by atoms with Crippen LogP contribution in [-0.4, -0.2) is 50.4 Å². The number of carbonyl (C=O) groups is 1. The Morgan fingerprint density at radius 3 is 1.96 bits per heavy atom. The summed E-state index contributed by atoms with van der Waals surface area (Å²) in [6.45, 7) is 18.6. The third-order valence-electron chi connectivity index (χ3n) is 6.32. The van der Waals surface area contributed by atoms with Crippen molar-refractivity contribution in [3.63, 3.8) is 0 Å². The highest BCUT2D eigenvalue weighted by Gasteiger charge is 2.38. The van der Waals surface area contributed by atoms with E-state index in [1.165, 1.54) is 6.42 Å². The first-order valence-electron chi connectivity index (χ1n) is 16.0. The number of hydrogen-bond acceptors (Lipinski definition) is 5. The van der Waals surface area contributed by atoms with Crippen LogP contribution in [0, 0.1) is 0 Å². The van der Waals surface area contributed by atoms with Gasteiger partial charge in [-0.2, -0.15) is 0 Å². The lowest BCUT2D eigenvalue weighted by Crippen LogP contribution is -2.54. The van der Waals surface area contributed by atoms with Gasteiger partial charge in [0.05, 0.1) is 46.1 Å². The number of hydrogen-bond donors (Lipinski definition) is 0. The van der Waals surface area contributed by atoms with Crippen LogP contribution in [0.1, 0.15) is 78.5 Å². The van der Waals surface area contributed by atoms with Gasteiger partial charge in [0, 0.05) is 10.0 Å². The molecule has 0 radical (unpaired) electrons. The zero-order chi connectivity index (χ0) is 34.9. The summed E-state index contributed by atoms with van der Waals surface area (Å²) in [6.07, 6.45) is 3.30. The van der Waals surface area contributed by atoms with Crippen LogP contribution < -0.4 is 9.47 Å². The van der Waals surface area contributed by atoms with Crippen molar-refractivity contribution < 1.29 is 23.7 Å². The number of carbonyl (C=O) groups excluding carboxylic acids is 1. The maximum Gasteiger partial charge on any atom is 0.252 e. The van der Waals surface area contributed by atoms with Gasteiger partial charge in [-0.05, 0) is 67.8 Å². The minimum absolute atomic E-state index is 0.0206. The highest BCUT2D eigenvalue weighted by Crippen LogP contribution is 2.32. The van der Waals surface area contributed by atoms with Crippen molar-refractivity contribution in [2.45, 2.75) is 86.1 Å². The Morgan fingerprint density at radius 2 is 1.48 bits per heavy atom. The molecule has 3 aromatic rings. The van der Waals surface area contributed by atoms with Crippen LogP contribution >= 0.6 is 23.2 Å². The normalized spacial score (nSPS) is 15.5. The molecule has 4 rings (SSSR count). The predicted octanol–water partition coefficient (Wildman–Crippen LogP) is 10.6. The number of morpholine rings is 1. The number of benzene rings is 3. The number of ether oxygens (including phenoxy) is 4. The fraction of sp³-hybridized carbons (Fsp3) is 0.447. The van der Waals surface area contributed by atoms with Gasteiger partial charge in [0.25, 0.3) is 5.91 Å². The Balaban J connectivity index is 0.00000112. The molecule has 256 valence electrons. The second kappa shape index (κ2) is 26.1. The summed E-state index contributed by atoms with van der Waals surface area (Å²) in [7, 11) is 3.22. The Bertz CT molecular complexity index is 1210. The molecule has 0 aromatic heterocycles. The fourth-order valence-corrected chi connectivity index (χ4v) is 4.49. The molecule has 1 aliphatic rings. The quantitative estimate of drug-likeness (QED) is 0.211. The van der Waals surface area contributed by atoms with Gasteiger partial charge in [-0.3, -0.25) is 4.79 Å². The van der Waals surface area contributed by atoms with Crippen LogP contribution in [0.15, 0.2) is 85.5 Å². The van der Waals surface area contributed by atoms with E-state index in [2.05, 4.69) is 27.4 Å². The molecule has 1 unspecified atom stereocenters. The van der Waals surface area contributed by atoms with Crippen LogP contribution in [0.5, 0.6) is 11.5 Å². The van der Waals surface area contributed by atoms with E-state index in [1.54, 1.807) is 27.2 Å². The molecule has 1 aliphatic heterocycles. The number of halogens is 2. The lowest BCUT2D eigenvalue weighted by Gasteiger charge is -2.43. The summed E-state index contributed by atoms with van der Waals surface area (Å²) in [4.78, 5) is 15.0. The second-order valence-electron chi connectivity index (χ2n) is 9.97. The van der Waals surface area contributed by atoms with E-state index in [4.69, 9.17) is 42.1 Å². The van der Waals surface area contributed by atoms with Crippen molar-refractivity contribution in [2.75, 3.05) is 27.4 Å². The number of rotatable bonds is 9. The summed E-state index contributed by atoms with van der Waals surface area (Å²) in [6, 6.07) is 22.5. The largest absolute Gasteiger partial charge is 0.493 e. The van der Waals surface area contributed by atoms with E-state index >= 15 is 0 Å². The Labute approximate surface area is 288 Å². The van der Waals surface area contributed by atoms with Crippen molar-refractivity contribution in [2.24, 2.45) is 0 Å². The summed E-state index contributed by atoms with van der Waals surface area (Å²) in [5, 5.41) is 1.46. The third kappa shape index (κ3) is 15.5. The van der Waals surface area contributed by atoms with Crippen molar-refractivity contribution in [3.8, 4) is 11.5 Å². The molecule has 46 heavy (non-hydrogen) atoms. The molecule has 1 amide bonds. The van der Waals surface area contributed by atoms with Crippen LogP contribution in [0.25, 0.3) is 0 Å². The smallest absolute Gasteiger partial charge is 0.252 e. The van der Waals surface area contributed by atoms with E-state index in [0.29, 0.717) is 36.3 Å². The van der Waals surface area contributed by atoms with Gasteiger partial charge in [-0.25, -0.2) is 0 Å². The summed E-state index contributed by atoms with van der Waals surface area (Å²) in [5.41, 5.74) is 1.98. The van der Waals surface area contributed by atoms with Gasteiger partial charge in [0.1, 0.15) is 6.10 Å². The molecule has 3 atom stereocenters. The number of nitrogens with zero attached hydrogens (tertiary/aromatic N) is 1. The zero-order valence-corrected chi connectivity index (χ0v) is 30.7. The highest BCUT2D eigenvalue weighted by molar-refractivity contribution is 6.30. The van der Waals surface area contributed by atoms with Gasteiger partial charge in [-0.1, -0.05) is 107 Å². The maximum atomic E-state index is 13.1. The molecular formula is C38H55Cl2NO5. The Morgan fingerprint density at radius 1 is 0.935 bits per heavy atom. The summed E-state index contributed by atoms with van der Waals surface area (Å²) >= 11 is 11.6. The predicted molar refractivity (Wildman–Crippen MR) is 194 cm³/mol. The average molecular weight is 677 g/mol. The van der Waals surface area contributed by atoms with Gasteiger partial charge in [-0.15, -0.1) is 6.58 Å². The van der Waals surface area contributed by atoms with Crippen molar-refractivity contribution in [1.82, 2.24) is 4.90 Å². The van der Waals surface area contributed by atoms with E-state index in [9.17, 15) is 4.79 Å². The van der Waals surface area contributed by atoms with Crippen molar-refractivity contribution >= 4 is 29.1 Å². The van der Waals surface area contributed by atoms with Gasteiger partial charge in [0.2, 0.25) is 0 Å². The molecule has 0 aliphatic carbocycles. The molecule has 1 heterocycles. The Hall–Kier alpha value is -3.03. The van der Waals surface area contributed by atoms with E-state index in [1.807, 2.05) is 98.5 Å². The third-order valence-corrected chi connectivity index (χ3v) is 6.83. The first-order chi connectivity index (χ1) is 22.2. The number of amides is 1. The second-order valence-corrected chi connectivity index (χ2v) is 10.8. The van der Waals surface area contributed by atoms with E-state index in [-0.39, 0.29) is 18.0 Å². The number of allylic oxidation sites excluding steroid dienone is 1. The molecule has 0 N–H and O–H groups in total. The van der Waals surface area contributed by atoms with E-state index < -0.39 is 6.10 Å². The molecule has 1 saturated heterocycles. The van der Waals surface area contributed by atoms with Crippen LogP contribution in [0.2, 0.25) is 10.0 Å². The molecular weight excluding hydrogens is 621 g/mol. The lowest BCUT2D eigenvalue weighted by atomic mass is 10.00. The van der Waals surface area contributed by atoms with Gasteiger partial charge >= 0.3 is 0 Å². The first-order valence-corrected chi connectivity index (χ1v) is 16.7. The zero-order valence-electron chi connectivity index (χ0n) is 29.2. The molecule has 3 aromatic carbocycles. The van der Waals surface area contributed by atoms with Gasteiger partial charge < -0.3 is 23.8 Å². The van der Waals surface area contributed by atoms with Gasteiger partial charge in [0.15, 0.2) is 11.5 Å². The SMILES string of the molecule is C=CC.CC.CCC.CC[C@@H](COCc1ccc(OC)c(OC)c1)N1C(=O)C(C)OC[C@H]1c1ccc(Cl)cc1.Clc1ccccc1. The van der Waals surface area contributed by atoms with Crippen LogP contribution in [0.4, 0.5) is 0 Å². The first kappa shape index (κ1) is 43.0. The minimum Gasteiger partial charge on any atom is -0.493 e. The standard InChI is InChI=1S/C24H30ClNO5.C6H5Cl.C3H8.C3H6.C2H6/c1-5-20(14-30-13-17-6-11-22(28-3)23(12-17)29-4)26-21(15-31-16(2)24(26)27)18-7-9-19(25)10-8-18;7-6-4-2-1-3-5-6;2*1-3-2;1-2/h6-12,16,20-21H,5,13-15H2,1-4H3;1-5H;3H2,1-2H3;3H,1H2,2H3;1-2H3/t16?,20-,21-;;;;/m0..../s1.